The lowest BCUT2D eigenvalue weighted by Crippen LogP contribution is -2.37. The molecule has 0 aliphatic carbocycles. The first-order chi connectivity index (χ1) is 12.9. The number of aryl methyl sites for hydroxylation is 1. The van der Waals surface area contributed by atoms with Crippen molar-refractivity contribution in [3.05, 3.63) is 54.1 Å². The summed E-state index contributed by atoms with van der Waals surface area (Å²) in [7, 11) is -3.61. The average molecular weight is 391 g/mol. The van der Waals surface area contributed by atoms with E-state index in [1.54, 1.807) is 48.5 Å². The van der Waals surface area contributed by atoms with E-state index in [2.05, 4.69) is 4.72 Å². The van der Waals surface area contributed by atoms with Crippen LogP contribution in [0.25, 0.3) is 0 Å². The number of anilines is 1. The number of carbonyl (C=O) groups is 1. The summed E-state index contributed by atoms with van der Waals surface area (Å²) in [5, 5.41) is 0. The van der Waals surface area contributed by atoms with Gasteiger partial charge in [0.1, 0.15) is 5.75 Å². The number of rotatable bonds is 9. The third-order valence-electron chi connectivity index (χ3n) is 4.11. The molecule has 1 N–H and O–H groups in total. The number of sulfonamides is 1. The molecule has 27 heavy (non-hydrogen) atoms. The van der Waals surface area contributed by atoms with E-state index in [1.807, 2.05) is 13.8 Å². The summed E-state index contributed by atoms with van der Waals surface area (Å²) in [6.07, 6.45) is 0.851. The molecule has 2 aromatic rings. The number of ether oxygens (including phenoxy) is 1. The van der Waals surface area contributed by atoms with Crippen molar-refractivity contribution in [1.29, 1.82) is 0 Å². The van der Waals surface area contributed by atoms with E-state index < -0.39 is 10.0 Å². The topological polar surface area (TPSA) is 75.7 Å². The van der Waals surface area contributed by atoms with E-state index >= 15 is 0 Å². The predicted octanol–water partition coefficient (Wildman–Crippen LogP) is 2.98. The zero-order chi connectivity index (χ0) is 19.9. The highest BCUT2D eigenvalue weighted by atomic mass is 32.2. The van der Waals surface area contributed by atoms with E-state index in [-0.39, 0.29) is 23.9 Å². The molecule has 7 heteroatoms. The maximum atomic E-state index is 12.4. The smallest absolute Gasteiger partial charge is 0.240 e. The zero-order valence-electron chi connectivity index (χ0n) is 15.9. The summed E-state index contributed by atoms with van der Waals surface area (Å²) in [5.41, 5.74) is 1.77. The Labute approximate surface area is 161 Å². The number of nitrogens with one attached hydrogen (secondary N) is 1. The van der Waals surface area contributed by atoms with E-state index in [4.69, 9.17) is 4.74 Å². The summed E-state index contributed by atoms with van der Waals surface area (Å²) in [4.78, 5) is 13.7. The first-order valence-electron chi connectivity index (χ1n) is 8.97. The van der Waals surface area contributed by atoms with Crippen molar-refractivity contribution in [2.45, 2.75) is 32.1 Å². The van der Waals surface area contributed by atoms with Gasteiger partial charge in [-0.3, -0.25) is 4.79 Å². The first kappa shape index (κ1) is 20.9. The summed E-state index contributed by atoms with van der Waals surface area (Å²) in [5.74, 6) is 0.562. The van der Waals surface area contributed by atoms with Crippen LogP contribution in [0, 0.1) is 0 Å². The van der Waals surface area contributed by atoms with Gasteiger partial charge in [-0.25, -0.2) is 13.1 Å². The molecule has 0 bridgehead atoms. The molecule has 0 heterocycles. The highest BCUT2D eigenvalue weighted by Crippen LogP contribution is 2.19. The van der Waals surface area contributed by atoms with Gasteiger partial charge >= 0.3 is 0 Å². The van der Waals surface area contributed by atoms with Gasteiger partial charge in [0.25, 0.3) is 0 Å². The van der Waals surface area contributed by atoms with Crippen molar-refractivity contribution in [3.63, 3.8) is 0 Å². The number of amides is 1. The SMILES string of the molecule is CCOc1ccc(N(CCNS(=O)(=O)c2ccc(CC)cc2)C(C)=O)cc1. The molecule has 0 saturated carbocycles. The van der Waals surface area contributed by atoms with Crippen LogP contribution in [-0.4, -0.2) is 34.0 Å². The molecule has 0 radical (unpaired) electrons. The fraction of sp³-hybridized carbons (Fsp3) is 0.350. The second kappa shape index (κ2) is 9.53. The molecule has 0 aromatic heterocycles. The van der Waals surface area contributed by atoms with Gasteiger partial charge in [0.15, 0.2) is 0 Å². The summed E-state index contributed by atoms with van der Waals surface area (Å²) in [6.45, 7) is 6.28. The van der Waals surface area contributed by atoms with Gasteiger partial charge in [-0.05, 0) is 55.3 Å². The van der Waals surface area contributed by atoms with E-state index in [0.29, 0.717) is 12.3 Å². The van der Waals surface area contributed by atoms with Crippen molar-refractivity contribution in [3.8, 4) is 5.75 Å². The second-order valence-corrected chi connectivity index (χ2v) is 7.76. The predicted molar refractivity (Wildman–Crippen MR) is 107 cm³/mol. The van der Waals surface area contributed by atoms with E-state index in [9.17, 15) is 13.2 Å². The van der Waals surface area contributed by atoms with Crippen LogP contribution < -0.4 is 14.4 Å². The lowest BCUT2D eigenvalue weighted by Gasteiger charge is -2.21. The summed E-state index contributed by atoms with van der Waals surface area (Å²) >= 11 is 0. The van der Waals surface area contributed by atoms with Gasteiger partial charge in [0, 0.05) is 25.7 Å². The molecule has 2 aromatic carbocycles. The Balaban J connectivity index is 2.01. The third-order valence-corrected chi connectivity index (χ3v) is 5.59. The number of nitrogens with zero attached hydrogens (tertiary/aromatic N) is 1. The Morgan fingerprint density at radius 2 is 1.67 bits per heavy atom. The quantitative estimate of drug-likeness (QED) is 0.714. The van der Waals surface area contributed by atoms with Gasteiger partial charge in [-0.2, -0.15) is 0 Å². The largest absolute Gasteiger partial charge is 0.494 e. The number of hydrogen-bond acceptors (Lipinski definition) is 4. The minimum atomic E-state index is -3.61. The number of carbonyl (C=O) groups excluding carboxylic acids is 1. The standard InChI is InChI=1S/C20H26N2O4S/c1-4-17-6-12-20(13-7-17)27(24,25)21-14-15-22(16(3)23)18-8-10-19(11-9-18)26-5-2/h6-13,21H,4-5,14-15H2,1-3H3. The van der Waals surface area contributed by atoms with Gasteiger partial charge < -0.3 is 9.64 Å². The van der Waals surface area contributed by atoms with Gasteiger partial charge in [-0.15, -0.1) is 0 Å². The molecule has 0 unspecified atom stereocenters. The van der Waals surface area contributed by atoms with Crippen LogP contribution in [0.4, 0.5) is 5.69 Å². The Morgan fingerprint density at radius 1 is 1.04 bits per heavy atom. The van der Waals surface area contributed by atoms with E-state index in [0.717, 1.165) is 17.7 Å². The molecule has 2 rings (SSSR count). The molecular formula is C20H26N2O4S. The third kappa shape index (κ3) is 5.80. The van der Waals surface area contributed by atoms with Gasteiger partial charge in [0.2, 0.25) is 15.9 Å². The molecule has 0 atom stereocenters. The monoisotopic (exact) mass is 390 g/mol. The van der Waals surface area contributed by atoms with Crippen LogP contribution in [0.1, 0.15) is 26.3 Å². The van der Waals surface area contributed by atoms with Crippen LogP contribution in [0.3, 0.4) is 0 Å². The fourth-order valence-corrected chi connectivity index (χ4v) is 3.66. The zero-order valence-corrected chi connectivity index (χ0v) is 16.8. The number of hydrogen-bond donors (Lipinski definition) is 1. The lowest BCUT2D eigenvalue weighted by atomic mass is 10.2. The molecular weight excluding hydrogens is 364 g/mol. The van der Waals surface area contributed by atoms with Crippen LogP contribution in [-0.2, 0) is 21.2 Å². The molecule has 0 saturated heterocycles. The Morgan fingerprint density at radius 3 is 2.19 bits per heavy atom. The lowest BCUT2D eigenvalue weighted by molar-refractivity contribution is -0.116. The molecule has 0 aliphatic rings. The first-order valence-corrected chi connectivity index (χ1v) is 10.4. The highest BCUT2D eigenvalue weighted by molar-refractivity contribution is 7.89. The van der Waals surface area contributed by atoms with Gasteiger partial charge in [-0.1, -0.05) is 19.1 Å². The van der Waals surface area contributed by atoms with Gasteiger partial charge in [0.05, 0.1) is 11.5 Å². The molecule has 0 fully saturated rings. The summed E-state index contributed by atoms with van der Waals surface area (Å²) < 4.78 is 32.8. The fourth-order valence-electron chi connectivity index (χ4n) is 2.64. The van der Waals surface area contributed by atoms with Crippen molar-refractivity contribution >= 4 is 21.6 Å². The number of benzene rings is 2. The highest BCUT2D eigenvalue weighted by Gasteiger charge is 2.16. The van der Waals surface area contributed by atoms with Crippen LogP contribution in [0.15, 0.2) is 53.4 Å². The molecule has 146 valence electrons. The van der Waals surface area contributed by atoms with Crippen LogP contribution >= 0.6 is 0 Å². The maximum Gasteiger partial charge on any atom is 0.240 e. The summed E-state index contributed by atoms with van der Waals surface area (Å²) in [6, 6.07) is 13.9. The molecule has 1 amide bonds. The van der Waals surface area contributed by atoms with E-state index in [1.165, 1.54) is 11.8 Å². The molecule has 6 nitrogen and oxygen atoms in total. The molecule has 0 aliphatic heterocycles. The Bertz CT molecular complexity index is 847. The van der Waals surface area contributed by atoms with Crippen molar-refractivity contribution < 1.29 is 17.9 Å². The van der Waals surface area contributed by atoms with Crippen molar-refractivity contribution in [2.24, 2.45) is 0 Å². The average Bonchev–Trinajstić information content (AvgIpc) is 2.66. The second-order valence-electron chi connectivity index (χ2n) is 5.99. The minimum absolute atomic E-state index is 0.116. The normalized spacial score (nSPS) is 11.2. The van der Waals surface area contributed by atoms with Crippen molar-refractivity contribution in [2.75, 3.05) is 24.6 Å². The maximum absolute atomic E-state index is 12.4. The van der Waals surface area contributed by atoms with Crippen LogP contribution in [0.5, 0.6) is 5.75 Å². The molecule has 0 spiro atoms. The van der Waals surface area contributed by atoms with Crippen molar-refractivity contribution in [1.82, 2.24) is 4.72 Å². The minimum Gasteiger partial charge on any atom is -0.494 e. The Kier molecular flexibility index (Phi) is 7.38. The van der Waals surface area contributed by atoms with Crippen LogP contribution in [0.2, 0.25) is 0 Å². The Hall–Kier alpha value is -2.38.